The van der Waals surface area contributed by atoms with Crippen LogP contribution in [0.4, 0.5) is 0 Å². The molecule has 1 aromatic carbocycles. The van der Waals surface area contributed by atoms with Crippen molar-refractivity contribution >= 4 is 0 Å². The molecule has 1 aromatic rings. The van der Waals surface area contributed by atoms with Gasteiger partial charge in [-0.2, -0.15) is 0 Å². The summed E-state index contributed by atoms with van der Waals surface area (Å²) in [6.07, 6.45) is 6.39. The van der Waals surface area contributed by atoms with E-state index >= 15 is 0 Å². The molecule has 114 valence electrons. The lowest BCUT2D eigenvalue weighted by molar-refractivity contribution is 0.299. The summed E-state index contributed by atoms with van der Waals surface area (Å²) in [5.74, 6) is 1.03. The van der Waals surface area contributed by atoms with Gasteiger partial charge in [-0.05, 0) is 33.3 Å². The maximum Gasteiger partial charge on any atom is 0.123 e. The van der Waals surface area contributed by atoms with Gasteiger partial charge in [0, 0.05) is 17.6 Å². The Morgan fingerprint density at radius 3 is 2.40 bits per heavy atom. The van der Waals surface area contributed by atoms with Crippen LogP contribution in [0.1, 0.15) is 65.4 Å². The largest absolute Gasteiger partial charge is 0.493 e. The van der Waals surface area contributed by atoms with E-state index < -0.39 is 0 Å². The Hall–Kier alpha value is -1.02. The highest BCUT2D eigenvalue weighted by molar-refractivity contribution is 5.33. The van der Waals surface area contributed by atoms with Crippen molar-refractivity contribution in [3.05, 3.63) is 29.8 Å². The molecule has 0 unspecified atom stereocenters. The molecule has 0 saturated heterocycles. The van der Waals surface area contributed by atoms with Crippen LogP contribution in [0.25, 0.3) is 0 Å². The first-order valence-electron chi connectivity index (χ1n) is 7.98. The van der Waals surface area contributed by atoms with E-state index in [0.29, 0.717) is 0 Å². The molecule has 1 rings (SSSR count). The second kappa shape index (κ2) is 9.02. The summed E-state index contributed by atoms with van der Waals surface area (Å²) in [6, 6.07) is 8.34. The molecular formula is C18H31NO. The van der Waals surface area contributed by atoms with Gasteiger partial charge >= 0.3 is 0 Å². The minimum Gasteiger partial charge on any atom is -0.493 e. The smallest absolute Gasteiger partial charge is 0.123 e. The van der Waals surface area contributed by atoms with Crippen LogP contribution in [-0.2, 0) is 6.54 Å². The van der Waals surface area contributed by atoms with Gasteiger partial charge in [-0.1, -0.05) is 50.8 Å². The lowest BCUT2D eigenvalue weighted by Gasteiger charge is -2.21. The maximum absolute atomic E-state index is 5.94. The first-order valence-corrected chi connectivity index (χ1v) is 7.98. The predicted molar refractivity (Wildman–Crippen MR) is 87.3 cm³/mol. The zero-order valence-electron chi connectivity index (χ0n) is 13.7. The molecule has 0 fully saturated rings. The number of rotatable bonds is 9. The van der Waals surface area contributed by atoms with Crippen molar-refractivity contribution in [3.8, 4) is 5.75 Å². The number of nitrogens with one attached hydrogen (secondary N) is 1. The summed E-state index contributed by atoms with van der Waals surface area (Å²) in [7, 11) is 0. The summed E-state index contributed by atoms with van der Waals surface area (Å²) in [5, 5.41) is 3.52. The van der Waals surface area contributed by atoms with Crippen LogP contribution in [0, 0.1) is 0 Å². The summed E-state index contributed by atoms with van der Waals surface area (Å²) < 4.78 is 5.94. The molecule has 0 radical (unpaired) electrons. The molecule has 0 bridgehead atoms. The van der Waals surface area contributed by atoms with Crippen molar-refractivity contribution in [1.82, 2.24) is 5.32 Å². The van der Waals surface area contributed by atoms with Crippen LogP contribution in [-0.4, -0.2) is 12.1 Å². The third kappa shape index (κ3) is 7.54. The van der Waals surface area contributed by atoms with Gasteiger partial charge in [0.05, 0.1) is 6.61 Å². The van der Waals surface area contributed by atoms with Crippen LogP contribution in [0.3, 0.4) is 0 Å². The quantitative estimate of drug-likeness (QED) is 0.647. The molecule has 0 aromatic heterocycles. The van der Waals surface area contributed by atoms with Crippen molar-refractivity contribution in [1.29, 1.82) is 0 Å². The molecule has 0 aliphatic heterocycles. The van der Waals surface area contributed by atoms with Crippen molar-refractivity contribution in [3.63, 3.8) is 0 Å². The first-order chi connectivity index (χ1) is 9.53. The van der Waals surface area contributed by atoms with Gasteiger partial charge < -0.3 is 10.1 Å². The fourth-order valence-electron chi connectivity index (χ4n) is 2.04. The molecule has 0 spiro atoms. The highest BCUT2D eigenvalue weighted by Crippen LogP contribution is 2.19. The molecule has 0 amide bonds. The topological polar surface area (TPSA) is 21.3 Å². The van der Waals surface area contributed by atoms with Crippen molar-refractivity contribution in [2.75, 3.05) is 6.61 Å². The molecule has 1 N–H and O–H groups in total. The predicted octanol–water partition coefficient (Wildman–Crippen LogP) is 4.92. The number of hydrogen-bond acceptors (Lipinski definition) is 2. The normalized spacial score (nSPS) is 11.6. The molecular weight excluding hydrogens is 246 g/mol. The standard InChI is InChI=1S/C18H31NO/c1-5-6-7-8-11-14-20-17-13-10-9-12-16(17)15-19-18(2,3)4/h9-10,12-13,19H,5-8,11,14-15H2,1-4H3. The summed E-state index contributed by atoms with van der Waals surface area (Å²) >= 11 is 0. The van der Waals surface area contributed by atoms with Gasteiger partial charge in [-0.15, -0.1) is 0 Å². The molecule has 2 nitrogen and oxygen atoms in total. The molecule has 2 heteroatoms. The van der Waals surface area contributed by atoms with Crippen LogP contribution >= 0.6 is 0 Å². The van der Waals surface area contributed by atoms with Crippen molar-refractivity contribution < 1.29 is 4.74 Å². The Bertz CT molecular complexity index is 368. The summed E-state index contributed by atoms with van der Waals surface area (Å²) in [6.45, 7) is 10.5. The average molecular weight is 277 g/mol. The van der Waals surface area contributed by atoms with Gasteiger partial charge in [0.1, 0.15) is 5.75 Å². The number of unbranched alkanes of at least 4 members (excludes halogenated alkanes) is 4. The number of para-hydroxylation sites is 1. The van der Waals surface area contributed by atoms with Crippen LogP contribution in [0.2, 0.25) is 0 Å². The minimum atomic E-state index is 0.132. The van der Waals surface area contributed by atoms with E-state index in [0.717, 1.165) is 25.3 Å². The van der Waals surface area contributed by atoms with Crippen molar-refractivity contribution in [2.24, 2.45) is 0 Å². The van der Waals surface area contributed by atoms with Crippen molar-refractivity contribution in [2.45, 2.75) is 71.9 Å². The van der Waals surface area contributed by atoms with Gasteiger partial charge in [-0.25, -0.2) is 0 Å². The Kier molecular flexibility index (Phi) is 7.68. The van der Waals surface area contributed by atoms with Gasteiger partial charge in [-0.3, -0.25) is 0 Å². The molecule has 0 heterocycles. The van der Waals surface area contributed by atoms with E-state index in [2.05, 4.69) is 51.2 Å². The first kappa shape index (κ1) is 17.0. The fourth-order valence-corrected chi connectivity index (χ4v) is 2.04. The van der Waals surface area contributed by atoms with Gasteiger partial charge in [0.25, 0.3) is 0 Å². The number of hydrogen-bond donors (Lipinski definition) is 1. The van der Waals surface area contributed by atoms with Crippen LogP contribution < -0.4 is 10.1 Å². The van der Waals surface area contributed by atoms with E-state index in [-0.39, 0.29) is 5.54 Å². The number of benzene rings is 1. The zero-order valence-corrected chi connectivity index (χ0v) is 13.7. The number of ether oxygens (including phenoxy) is 1. The third-order valence-corrected chi connectivity index (χ3v) is 3.29. The highest BCUT2D eigenvalue weighted by atomic mass is 16.5. The fraction of sp³-hybridized carbons (Fsp3) is 0.667. The van der Waals surface area contributed by atoms with E-state index in [1.807, 2.05) is 6.07 Å². The van der Waals surface area contributed by atoms with Gasteiger partial charge in [0.15, 0.2) is 0 Å². The molecule has 0 aliphatic carbocycles. The zero-order chi connectivity index (χ0) is 14.8. The minimum absolute atomic E-state index is 0.132. The Morgan fingerprint density at radius 1 is 1.00 bits per heavy atom. The van der Waals surface area contributed by atoms with E-state index in [1.54, 1.807) is 0 Å². The lowest BCUT2D eigenvalue weighted by atomic mass is 10.1. The van der Waals surface area contributed by atoms with Gasteiger partial charge in [0.2, 0.25) is 0 Å². The Labute approximate surface area is 124 Å². The molecule has 0 atom stereocenters. The Balaban J connectivity index is 2.37. The van der Waals surface area contributed by atoms with E-state index in [1.165, 1.54) is 31.2 Å². The van der Waals surface area contributed by atoms with E-state index in [9.17, 15) is 0 Å². The average Bonchev–Trinajstić information content (AvgIpc) is 2.40. The SMILES string of the molecule is CCCCCCCOc1ccccc1CNC(C)(C)C. The summed E-state index contributed by atoms with van der Waals surface area (Å²) in [4.78, 5) is 0. The van der Waals surface area contributed by atoms with Crippen LogP contribution in [0.5, 0.6) is 5.75 Å². The molecule has 0 aliphatic rings. The van der Waals surface area contributed by atoms with E-state index in [4.69, 9.17) is 4.74 Å². The highest BCUT2D eigenvalue weighted by Gasteiger charge is 2.10. The Morgan fingerprint density at radius 2 is 1.70 bits per heavy atom. The van der Waals surface area contributed by atoms with Crippen LogP contribution in [0.15, 0.2) is 24.3 Å². The molecule has 20 heavy (non-hydrogen) atoms. The monoisotopic (exact) mass is 277 g/mol. The lowest BCUT2D eigenvalue weighted by Crippen LogP contribution is -2.35. The second-order valence-electron chi connectivity index (χ2n) is 6.47. The third-order valence-electron chi connectivity index (χ3n) is 3.29. The summed E-state index contributed by atoms with van der Waals surface area (Å²) in [5.41, 5.74) is 1.38. The maximum atomic E-state index is 5.94. The second-order valence-corrected chi connectivity index (χ2v) is 6.47. The molecule has 0 saturated carbocycles.